The Labute approximate surface area is 200 Å². The van der Waals surface area contributed by atoms with Crippen LogP contribution in [0.15, 0.2) is 83.4 Å². The van der Waals surface area contributed by atoms with Gasteiger partial charge in [0.2, 0.25) is 0 Å². The zero-order chi connectivity index (χ0) is 24.6. The fraction of sp³-hybridized carbons (Fsp3) is 0.143. The van der Waals surface area contributed by atoms with Gasteiger partial charge in [0.15, 0.2) is 5.76 Å². The Balaban J connectivity index is 1.32. The van der Waals surface area contributed by atoms with Gasteiger partial charge < -0.3 is 9.42 Å². The number of fused-ring (bicyclic) bond motifs is 3. The van der Waals surface area contributed by atoms with Crippen LogP contribution in [0.3, 0.4) is 0 Å². The molecule has 0 N–H and O–H groups in total. The number of amides is 1. The summed E-state index contributed by atoms with van der Waals surface area (Å²) >= 11 is 0. The molecule has 0 fully saturated rings. The summed E-state index contributed by atoms with van der Waals surface area (Å²) in [6.07, 6.45) is -0.0378. The topological polar surface area (TPSA) is 46.3 Å². The summed E-state index contributed by atoms with van der Waals surface area (Å²) in [4.78, 5) is 14.0. The van der Waals surface area contributed by atoms with E-state index < -0.39 is 11.7 Å². The Kier molecular flexibility index (Phi) is 5.76. The molecule has 1 heterocycles. The minimum atomic E-state index is -4.43. The lowest BCUT2D eigenvalue weighted by atomic mass is 9.88. The number of carbonyl (C=O) groups excluding carboxylic acids is 1. The molecule has 1 aliphatic rings. The predicted octanol–water partition coefficient (Wildman–Crippen LogP) is 6.80. The van der Waals surface area contributed by atoms with Crippen molar-refractivity contribution in [2.45, 2.75) is 19.0 Å². The summed E-state index contributed by atoms with van der Waals surface area (Å²) in [5.74, 6) is 0.364. The molecular formula is C28H21F3N2O2. The van der Waals surface area contributed by atoms with Gasteiger partial charge >= 0.3 is 6.18 Å². The summed E-state index contributed by atoms with van der Waals surface area (Å²) in [7, 11) is 1.61. The molecule has 5 rings (SSSR count). The van der Waals surface area contributed by atoms with Crippen LogP contribution in [-0.2, 0) is 23.8 Å². The van der Waals surface area contributed by atoms with Gasteiger partial charge in [0.05, 0.1) is 5.56 Å². The van der Waals surface area contributed by atoms with Crippen molar-refractivity contribution in [3.05, 3.63) is 101 Å². The van der Waals surface area contributed by atoms with Crippen molar-refractivity contribution in [3.63, 3.8) is 0 Å². The number of hydrogen-bond acceptors (Lipinski definition) is 3. The Hall–Kier alpha value is -4.13. The second-order valence-corrected chi connectivity index (χ2v) is 8.40. The van der Waals surface area contributed by atoms with Gasteiger partial charge in [-0.3, -0.25) is 4.79 Å². The highest BCUT2D eigenvalue weighted by atomic mass is 19.4. The third-order valence-electron chi connectivity index (χ3n) is 6.18. The lowest BCUT2D eigenvalue weighted by molar-refractivity contribution is -0.137. The van der Waals surface area contributed by atoms with Crippen LogP contribution in [0.25, 0.3) is 28.7 Å². The van der Waals surface area contributed by atoms with Gasteiger partial charge in [0.1, 0.15) is 5.69 Å². The lowest BCUT2D eigenvalue weighted by Crippen LogP contribution is -2.23. The number of aromatic nitrogens is 1. The van der Waals surface area contributed by atoms with Crippen LogP contribution in [0.5, 0.6) is 0 Å². The van der Waals surface area contributed by atoms with Crippen LogP contribution in [0.1, 0.15) is 22.3 Å². The molecule has 0 unspecified atom stereocenters. The standard InChI is InChI=1S/C28H21F3N2O2/c1-33(25(34)16-9-18-5-4-7-21(17-18)28(29,30)31)22-13-10-20(11-14-22)27-24-15-12-19-6-2-3-8-23(19)26(24)32-35-27/h2-11,13-14,16-17H,12,15H2,1H3/b16-9+. The van der Waals surface area contributed by atoms with Gasteiger partial charge in [-0.05, 0) is 66.4 Å². The second-order valence-electron chi connectivity index (χ2n) is 8.40. The van der Waals surface area contributed by atoms with E-state index in [1.54, 1.807) is 19.2 Å². The molecule has 0 radical (unpaired) electrons. The molecule has 3 aromatic carbocycles. The third kappa shape index (κ3) is 4.49. The van der Waals surface area contributed by atoms with E-state index in [-0.39, 0.29) is 5.91 Å². The molecule has 0 aliphatic heterocycles. The van der Waals surface area contributed by atoms with Crippen LogP contribution < -0.4 is 4.90 Å². The molecule has 35 heavy (non-hydrogen) atoms. The quantitative estimate of drug-likeness (QED) is 0.306. The first kappa shape index (κ1) is 22.7. The SMILES string of the molecule is CN(C(=O)/C=C/c1cccc(C(F)(F)F)c1)c1ccc(-c2onc3c2CCc2ccccc2-3)cc1. The summed E-state index contributed by atoms with van der Waals surface area (Å²) in [6.45, 7) is 0. The van der Waals surface area contributed by atoms with Crippen molar-refractivity contribution in [1.29, 1.82) is 0 Å². The molecule has 0 saturated heterocycles. The van der Waals surface area contributed by atoms with Crippen molar-refractivity contribution in [1.82, 2.24) is 5.16 Å². The zero-order valence-corrected chi connectivity index (χ0v) is 18.8. The number of carbonyl (C=O) groups is 1. The third-order valence-corrected chi connectivity index (χ3v) is 6.18. The average molecular weight is 474 g/mol. The first-order valence-electron chi connectivity index (χ1n) is 11.1. The van der Waals surface area contributed by atoms with Crippen LogP contribution in [-0.4, -0.2) is 18.1 Å². The highest BCUT2D eigenvalue weighted by molar-refractivity contribution is 6.03. The number of hydrogen-bond donors (Lipinski definition) is 0. The van der Waals surface area contributed by atoms with Gasteiger partial charge in [-0.15, -0.1) is 0 Å². The molecule has 4 nitrogen and oxygen atoms in total. The smallest absolute Gasteiger partial charge is 0.355 e. The monoisotopic (exact) mass is 474 g/mol. The molecule has 1 aromatic heterocycles. The normalized spacial score (nSPS) is 12.9. The minimum Gasteiger partial charge on any atom is -0.355 e. The molecule has 0 saturated carbocycles. The van der Waals surface area contributed by atoms with Crippen LogP contribution >= 0.6 is 0 Å². The summed E-state index contributed by atoms with van der Waals surface area (Å²) in [5.41, 5.74) is 5.35. The molecule has 0 bridgehead atoms. The fourth-order valence-corrected chi connectivity index (χ4v) is 4.27. The molecule has 7 heteroatoms. The predicted molar refractivity (Wildman–Crippen MR) is 129 cm³/mol. The van der Waals surface area contributed by atoms with Gasteiger partial charge in [-0.25, -0.2) is 0 Å². The van der Waals surface area contributed by atoms with E-state index in [2.05, 4.69) is 17.3 Å². The average Bonchev–Trinajstić information content (AvgIpc) is 3.31. The summed E-state index contributed by atoms with van der Waals surface area (Å²) < 4.78 is 44.4. The van der Waals surface area contributed by atoms with Gasteiger partial charge in [0.25, 0.3) is 5.91 Å². The number of rotatable bonds is 4. The summed E-state index contributed by atoms with van der Waals surface area (Å²) in [5, 5.41) is 4.32. The Morgan fingerprint density at radius 1 is 1.00 bits per heavy atom. The van der Waals surface area contributed by atoms with Gasteiger partial charge in [-0.1, -0.05) is 41.6 Å². The highest BCUT2D eigenvalue weighted by Crippen LogP contribution is 2.38. The number of likely N-dealkylation sites (N-methyl/N-ethyl adjacent to an activating group) is 1. The maximum Gasteiger partial charge on any atom is 0.416 e. The second kappa shape index (κ2) is 8.91. The number of benzene rings is 3. The van der Waals surface area contributed by atoms with E-state index in [0.717, 1.165) is 53.1 Å². The van der Waals surface area contributed by atoms with Crippen molar-refractivity contribution in [2.75, 3.05) is 11.9 Å². The molecule has 0 atom stereocenters. The molecule has 4 aromatic rings. The molecule has 1 aliphatic carbocycles. The van der Waals surface area contributed by atoms with E-state index in [9.17, 15) is 18.0 Å². The number of aryl methyl sites for hydroxylation is 1. The number of alkyl halides is 3. The van der Waals surface area contributed by atoms with E-state index in [1.165, 1.54) is 34.7 Å². The maximum atomic E-state index is 12.9. The van der Waals surface area contributed by atoms with Crippen molar-refractivity contribution in [2.24, 2.45) is 0 Å². The first-order valence-corrected chi connectivity index (χ1v) is 11.1. The van der Waals surface area contributed by atoms with Gasteiger partial charge in [-0.2, -0.15) is 13.2 Å². The summed E-state index contributed by atoms with van der Waals surface area (Å²) in [6, 6.07) is 20.4. The largest absolute Gasteiger partial charge is 0.416 e. The van der Waals surface area contributed by atoms with Crippen LogP contribution in [0.4, 0.5) is 18.9 Å². The van der Waals surface area contributed by atoms with E-state index in [4.69, 9.17) is 4.52 Å². The van der Waals surface area contributed by atoms with E-state index in [0.29, 0.717) is 11.3 Å². The Bertz CT molecular complexity index is 1420. The highest BCUT2D eigenvalue weighted by Gasteiger charge is 2.30. The molecule has 176 valence electrons. The molecule has 0 spiro atoms. The van der Waals surface area contributed by atoms with Crippen molar-refractivity contribution >= 4 is 17.7 Å². The number of anilines is 1. The van der Waals surface area contributed by atoms with Crippen LogP contribution in [0.2, 0.25) is 0 Å². The zero-order valence-electron chi connectivity index (χ0n) is 18.8. The van der Waals surface area contributed by atoms with E-state index in [1.807, 2.05) is 24.3 Å². The van der Waals surface area contributed by atoms with Crippen molar-refractivity contribution < 1.29 is 22.5 Å². The van der Waals surface area contributed by atoms with E-state index >= 15 is 0 Å². The lowest BCUT2D eigenvalue weighted by Gasteiger charge is -2.16. The fourth-order valence-electron chi connectivity index (χ4n) is 4.27. The molecule has 1 amide bonds. The maximum absolute atomic E-state index is 12.9. The number of nitrogens with zero attached hydrogens (tertiary/aromatic N) is 2. The minimum absolute atomic E-state index is 0.300. The number of halogens is 3. The molecular weight excluding hydrogens is 453 g/mol. The Morgan fingerprint density at radius 3 is 2.54 bits per heavy atom. The van der Waals surface area contributed by atoms with Crippen LogP contribution in [0, 0.1) is 0 Å². The van der Waals surface area contributed by atoms with Crippen molar-refractivity contribution in [3.8, 4) is 22.6 Å². The first-order chi connectivity index (χ1) is 16.8. The van der Waals surface area contributed by atoms with Gasteiger partial charge in [0, 0.05) is 35.5 Å². The Morgan fingerprint density at radius 2 is 1.77 bits per heavy atom.